The van der Waals surface area contributed by atoms with Gasteiger partial charge in [-0.05, 0) is 49.6 Å². The van der Waals surface area contributed by atoms with Gasteiger partial charge in [-0.2, -0.15) is 0 Å². The lowest BCUT2D eigenvalue weighted by Crippen LogP contribution is -2.33. The van der Waals surface area contributed by atoms with Crippen molar-refractivity contribution in [2.45, 2.75) is 46.1 Å². The minimum atomic E-state index is 0.353. The average Bonchev–Trinajstić information content (AvgIpc) is 2.64. The van der Waals surface area contributed by atoms with Crippen LogP contribution in [0.25, 0.3) is 0 Å². The van der Waals surface area contributed by atoms with Gasteiger partial charge in [0.2, 0.25) is 0 Å². The van der Waals surface area contributed by atoms with Crippen molar-refractivity contribution in [1.82, 2.24) is 5.32 Å². The molecule has 19 heavy (non-hydrogen) atoms. The molecule has 0 bridgehead atoms. The van der Waals surface area contributed by atoms with E-state index in [1.807, 2.05) is 6.07 Å². The lowest BCUT2D eigenvalue weighted by Gasteiger charge is -2.37. The molecular formula is C15H23Cl2NS. The summed E-state index contributed by atoms with van der Waals surface area (Å²) in [6.45, 7) is 7.86. The molecule has 108 valence electrons. The Labute approximate surface area is 130 Å². The summed E-state index contributed by atoms with van der Waals surface area (Å²) >= 11 is 14.0. The van der Waals surface area contributed by atoms with Crippen molar-refractivity contribution in [3.8, 4) is 0 Å². The molecule has 3 atom stereocenters. The fourth-order valence-corrected chi connectivity index (χ4v) is 5.15. The number of halogens is 2. The Morgan fingerprint density at radius 2 is 1.89 bits per heavy atom. The zero-order valence-electron chi connectivity index (χ0n) is 11.9. The highest BCUT2D eigenvalue weighted by Crippen LogP contribution is 2.44. The summed E-state index contributed by atoms with van der Waals surface area (Å²) in [7, 11) is 0. The van der Waals surface area contributed by atoms with Crippen molar-refractivity contribution >= 4 is 34.5 Å². The van der Waals surface area contributed by atoms with Crippen molar-refractivity contribution in [3.63, 3.8) is 0 Å². The molecule has 1 nitrogen and oxygen atoms in total. The van der Waals surface area contributed by atoms with Crippen LogP contribution < -0.4 is 5.32 Å². The molecule has 1 fully saturated rings. The maximum Gasteiger partial charge on any atom is 0.0992 e. The first-order chi connectivity index (χ1) is 9.01. The molecule has 0 spiro atoms. The van der Waals surface area contributed by atoms with E-state index in [0.717, 1.165) is 27.1 Å². The molecule has 0 saturated heterocycles. The molecule has 1 N–H and O–H groups in total. The first-order valence-electron chi connectivity index (χ1n) is 7.19. The monoisotopic (exact) mass is 319 g/mol. The molecule has 3 unspecified atom stereocenters. The van der Waals surface area contributed by atoms with Gasteiger partial charge in [0.1, 0.15) is 0 Å². The molecule has 1 saturated carbocycles. The van der Waals surface area contributed by atoms with Crippen LogP contribution >= 0.6 is 34.5 Å². The van der Waals surface area contributed by atoms with Gasteiger partial charge in [0.05, 0.1) is 8.67 Å². The van der Waals surface area contributed by atoms with Crippen LogP contribution in [0.3, 0.4) is 0 Å². The molecule has 0 aliphatic heterocycles. The molecule has 1 aromatic heterocycles. The van der Waals surface area contributed by atoms with Crippen molar-refractivity contribution in [2.24, 2.45) is 17.8 Å². The Hall–Kier alpha value is 0.240. The Morgan fingerprint density at radius 3 is 2.37 bits per heavy atom. The summed E-state index contributed by atoms with van der Waals surface area (Å²) in [5, 5.41) is 3.63. The lowest BCUT2D eigenvalue weighted by atomic mass is 9.72. The maximum atomic E-state index is 6.36. The second kappa shape index (κ2) is 6.80. The van der Waals surface area contributed by atoms with Gasteiger partial charge in [0, 0.05) is 11.6 Å². The Kier molecular flexibility index (Phi) is 5.59. The standard InChI is InChI=1S/C15H23Cl2NS/c1-4-18-14(12-8-13(16)19-15(12)17)11-6-9(2)5-10(3)7-11/h8-11,14,18H,4-7H2,1-3H3. The van der Waals surface area contributed by atoms with Crippen molar-refractivity contribution in [2.75, 3.05) is 6.54 Å². The summed E-state index contributed by atoms with van der Waals surface area (Å²) in [6, 6.07) is 2.40. The third-order valence-electron chi connectivity index (χ3n) is 4.13. The summed E-state index contributed by atoms with van der Waals surface area (Å²) < 4.78 is 1.64. The van der Waals surface area contributed by atoms with E-state index in [2.05, 4.69) is 26.1 Å². The van der Waals surface area contributed by atoms with Crippen molar-refractivity contribution in [1.29, 1.82) is 0 Å². The van der Waals surface area contributed by atoms with Gasteiger partial charge < -0.3 is 5.32 Å². The first-order valence-corrected chi connectivity index (χ1v) is 8.76. The van der Waals surface area contributed by atoms with Gasteiger partial charge in [-0.15, -0.1) is 11.3 Å². The summed E-state index contributed by atoms with van der Waals surface area (Å²) in [4.78, 5) is 0. The summed E-state index contributed by atoms with van der Waals surface area (Å²) in [6.07, 6.45) is 3.92. The van der Waals surface area contributed by atoms with Crippen LogP contribution in [0.1, 0.15) is 51.6 Å². The second-order valence-electron chi connectivity index (χ2n) is 5.99. The Balaban J connectivity index is 2.22. The number of rotatable bonds is 4. The van der Waals surface area contributed by atoms with E-state index in [-0.39, 0.29) is 0 Å². The average molecular weight is 320 g/mol. The van der Waals surface area contributed by atoms with E-state index in [1.54, 1.807) is 0 Å². The first kappa shape index (κ1) is 15.6. The molecule has 4 heteroatoms. The molecular weight excluding hydrogens is 297 g/mol. The SMILES string of the molecule is CCNC(c1cc(Cl)sc1Cl)C1CC(C)CC(C)C1. The number of hydrogen-bond donors (Lipinski definition) is 1. The van der Waals surface area contributed by atoms with Crippen LogP contribution in [-0.2, 0) is 0 Å². The Bertz CT molecular complexity index is 408. The maximum absolute atomic E-state index is 6.36. The predicted octanol–water partition coefficient (Wildman–Crippen LogP) is 5.78. The van der Waals surface area contributed by atoms with Crippen LogP contribution in [0, 0.1) is 17.8 Å². The van der Waals surface area contributed by atoms with Crippen LogP contribution in [-0.4, -0.2) is 6.54 Å². The topological polar surface area (TPSA) is 12.0 Å². The predicted molar refractivity (Wildman–Crippen MR) is 86.4 cm³/mol. The number of nitrogens with one attached hydrogen (secondary N) is 1. The lowest BCUT2D eigenvalue weighted by molar-refractivity contribution is 0.178. The smallest absolute Gasteiger partial charge is 0.0992 e. The van der Waals surface area contributed by atoms with E-state index < -0.39 is 0 Å². The van der Waals surface area contributed by atoms with Gasteiger partial charge in [0.25, 0.3) is 0 Å². The number of hydrogen-bond acceptors (Lipinski definition) is 2. The third kappa shape index (κ3) is 3.87. The van der Waals surface area contributed by atoms with E-state index in [4.69, 9.17) is 23.2 Å². The molecule has 1 aliphatic rings. The molecule has 0 amide bonds. The summed E-state index contributed by atoms with van der Waals surface area (Å²) in [5.41, 5.74) is 1.20. The van der Waals surface area contributed by atoms with Crippen molar-refractivity contribution < 1.29 is 0 Å². The minimum absolute atomic E-state index is 0.353. The molecule has 1 aliphatic carbocycles. The molecule has 1 aromatic rings. The second-order valence-corrected chi connectivity index (χ2v) is 8.28. The molecule has 0 radical (unpaired) electrons. The van der Waals surface area contributed by atoms with Gasteiger partial charge in [-0.25, -0.2) is 0 Å². The third-order valence-corrected chi connectivity index (χ3v) is 5.65. The van der Waals surface area contributed by atoms with Crippen molar-refractivity contribution in [3.05, 3.63) is 20.3 Å². The van der Waals surface area contributed by atoms with Crippen LogP contribution in [0.4, 0.5) is 0 Å². The van der Waals surface area contributed by atoms with E-state index in [9.17, 15) is 0 Å². The molecule has 2 rings (SSSR count). The zero-order valence-corrected chi connectivity index (χ0v) is 14.2. The van der Waals surface area contributed by atoms with E-state index >= 15 is 0 Å². The summed E-state index contributed by atoms with van der Waals surface area (Å²) in [5.74, 6) is 2.28. The fraction of sp³-hybridized carbons (Fsp3) is 0.733. The zero-order chi connectivity index (χ0) is 14.0. The van der Waals surface area contributed by atoms with Gasteiger partial charge >= 0.3 is 0 Å². The fourth-order valence-electron chi connectivity index (χ4n) is 3.60. The van der Waals surface area contributed by atoms with Crippen LogP contribution in [0.2, 0.25) is 8.67 Å². The highest BCUT2D eigenvalue weighted by molar-refractivity contribution is 7.20. The van der Waals surface area contributed by atoms with E-state index in [1.165, 1.54) is 36.2 Å². The van der Waals surface area contributed by atoms with Crippen LogP contribution in [0.15, 0.2) is 6.07 Å². The van der Waals surface area contributed by atoms with Gasteiger partial charge in [-0.1, -0.05) is 44.0 Å². The molecule has 1 heterocycles. The number of thiophene rings is 1. The minimum Gasteiger partial charge on any atom is -0.310 e. The highest BCUT2D eigenvalue weighted by atomic mass is 35.5. The molecule has 0 aromatic carbocycles. The quantitative estimate of drug-likeness (QED) is 0.741. The van der Waals surface area contributed by atoms with Crippen LogP contribution in [0.5, 0.6) is 0 Å². The van der Waals surface area contributed by atoms with E-state index in [0.29, 0.717) is 12.0 Å². The van der Waals surface area contributed by atoms with Gasteiger partial charge in [0.15, 0.2) is 0 Å². The highest BCUT2D eigenvalue weighted by Gasteiger charge is 2.32. The van der Waals surface area contributed by atoms with Gasteiger partial charge in [-0.3, -0.25) is 0 Å². The normalized spacial score (nSPS) is 29.4. The largest absolute Gasteiger partial charge is 0.310 e. The Morgan fingerprint density at radius 1 is 1.26 bits per heavy atom.